The molecule has 0 bridgehead atoms. The Kier molecular flexibility index (Phi) is 4.82. The normalized spacial score (nSPS) is 25.5. The number of piperidine rings is 1. The van der Waals surface area contributed by atoms with Crippen molar-refractivity contribution in [2.75, 3.05) is 13.1 Å². The van der Waals surface area contributed by atoms with Crippen molar-refractivity contribution in [1.82, 2.24) is 9.88 Å². The maximum absolute atomic E-state index is 9.03. The van der Waals surface area contributed by atoms with Gasteiger partial charge in [-0.3, -0.25) is 9.88 Å². The fraction of sp³-hybridized carbons (Fsp3) is 0.400. The Hall–Kier alpha value is -2.13. The molecule has 1 aromatic carbocycles. The van der Waals surface area contributed by atoms with Crippen LogP contribution in [0.15, 0.2) is 36.5 Å². The molecule has 3 atom stereocenters. The molecule has 0 saturated carbocycles. The molecule has 2 N–H and O–H groups in total. The minimum Gasteiger partial charge on any atom is -0.482 e. The summed E-state index contributed by atoms with van der Waals surface area (Å²) in [4.78, 5) is 6.98. The van der Waals surface area contributed by atoms with Crippen molar-refractivity contribution >= 4 is 11.6 Å². The number of rotatable bonds is 3. The summed E-state index contributed by atoms with van der Waals surface area (Å²) in [5.41, 5.74) is 8.91. The molecule has 2 aliphatic rings. The third-order valence-corrected chi connectivity index (χ3v) is 5.55. The number of pyridine rings is 1. The van der Waals surface area contributed by atoms with Crippen molar-refractivity contribution in [3.05, 3.63) is 58.4 Å². The van der Waals surface area contributed by atoms with E-state index in [2.05, 4.69) is 22.0 Å². The summed E-state index contributed by atoms with van der Waals surface area (Å²) in [6, 6.07) is 11.7. The molecule has 26 heavy (non-hydrogen) atoms. The van der Waals surface area contributed by atoms with Gasteiger partial charge in [-0.1, -0.05) is 17.7 Å². The fourth-order valence-electron chi connectivity index (χ4n) is 4.00. The zero-order valence-electron chi connectivity index (χ0n) is 14.4. The van der Waals surface area contributed by atoms with Gasteiger partial charge in [0.05, 0.1) is 22.7 Å². The largest absolute Gasteiger partial charge is 0.482 e. The summed E-state index contributed by atoms with van der Waals surface area (Å²) in [5, 5.41) is 9.48. The summed E-state index contributed by atoms with van der Waals surface area (Å²) in [6.07, 6.45) is 4.71. The zero-order valence-corrected chi connectivity index (χ0v) is 15.2. The number of nitrogens with zero attached hydrogens (tertiary/aromatic N) is 3. The van der Waals surface area contributed by atoms with Crippen LogP contribution in [0.1, 0.15) is 35.8 Å². The predicted molar refractivity (Wildman–Crippen MR) is 100 cm³/mol. The lowest BCUT2D eigenvalue weighted by atomic mass is 10.0. The first kappa shape index (κ1) is 17.3. The van der Waals surface area contributed by atoms with Crippen LogP contribution in [0.4, 0.5) is 0 Å². The summed E-state index contributed by atoms with van der Waals surface area (Å²) in [6.45, 7) is 1.90. The molecular weight excluding hydrogens is 348 g/mol. The van der Waals surface area contributed by atoms with Crippen LogP contribution < -0.4 is 10.5 Å². The molecule has 5 nitrogen and oxygen atoms in total. The van der Waals surface area contributed by atoms with Crippen LogP contribution in [0, 0.1) is 11.3 Å². The van der Waals surface area contributed by atoms with Gasteiger partial charge in [0.15, 0.2) is 0 Å². The number of fused-ring (bicyclic) bond motifs is 1. The van der Waals surface area contributed by atoms with Gasteiger partial charge in [-0.05, 0) is 43.7 Å². The van der Waals surface area contributed by atoms with E-state index in [1.807, 2.05) is 12.3 Å². The Morgan fingerprint density at radius 2 is 2.23 bits per heavy atom. The summed E-state index contributed by atoms with van der Waals surface area (Å²) >= 11 is 6.35. The molecule has 1 aliphatic carbocycles. The lowest BCUT2D eigenvalue weighted by Gasteiger charge is -2.38. The van der Waals surface area contributed by atoms with Crippen LogP contribution >= 0.6 is 11.6 Å². The van der Waals surface area contributed by atoms with Crippen molar-refractivity contribution in [2.45, 2.75) is 37.5 Å². The average molecular weight is 369 g/mol. The second-order valence-corrected chi connectivity index (χ2v) is 7.41. The molecule has 1 fully saturated rings. The molecule has 134 valence electrons. The van der Waals surface area contributed by atoms with Crippen LogP contribution in [0.5, 0.6) is 5.75 Å². The van der Waals surface area contributed by atoms with Crippen LogP contribution in [-0.2, 0) is 6.42 Å². The van der Waals surface area contributed by atoms with Gasteiger partial charge in [0, 0.05) is 36.5 Å². The van der Waals surface area contributed by atoms with E-state index in [1.54, 1.807) is 18.2 Å². The highest BCUT2D eigenvalue weighted by Gasteiger charge is 2.40. The predicted octanol–water partition coefficient (Wildman–Crippen LogP) is 3.07. The summed E-state index contributed by atoms with van der Waals surface area (Å²) < 4.78 is 6.37. The van der Waals surface area contributed by atoms with Crippen molar-refractivity contribution in [3.63, 3.8) is 0 Å². The molecule has 2 aromatic rings. The number of benzene rings is 1. The Morgan fingerprint density at radius 3 is 3.00 bits per heavy atom. The SMILES string of the molecule is N#Cc1ccc(O[C@@H]2c3cccnc3C[C@@H]2N2CCC[C@@H](N)C2)c(Cl)c1. The molecule has 0 unspecified atom stereocenters. The van der Waals surface area contributed by atoms with Crippen molar-refractivity contribution in [1.29, 1.82) is 5.26 Å². The standard InChI is InChI=1S/C20H21ClN4O/c21-16-9-13(11-22)5-6-19(16)26-20-15-4-1-7-24-17(15)10-18(20)25-8-2-3-14(23)12-25/h1,4-7,9,14,18,20H,2-3,8,10,12,23H2/t14-,18+,20-/m1/s1. The molecule has 0 radical (unpaired) electrons. The van der Waals surface area contributed by atoms with E-state index < -0.39 is 0 Å². The smallest absolute Gasteiger partial charge is 0.141 e. The van der Waals surface area contributed by atoms with Crippen molar-refractivity contribution < 1.29 is 4.74 Å². The number of aromatic nitrogens is 1. The molecule has 4 rings (SSSR count). The number of hydrogen-bond donors (Lipinski definition) is 1. The van der Waals surface area contributed by atoms with Crippen LogP contribution in [0.3, 0.4) is 0 Å². The highest BCUT2D eigenvalue weighted by molar-refractivity contribution is 6.32. The number of halogens is 1. The van der Waals surface area contributed by atoms with Gasteiger partial charge in [0.25, 0.3) is 0 Å². The maximum Gasteiger partial charge on any atom is 0.141 e. The van der Waals surface area contributed by atoms with Gasteiger partial charge in [-0.15, -0.1) is 0 Å². The molecule has 1 aromatic heterocycles. The minimum atomic E-state index is -0.144. The highest BCUT2D eigenvalue weighted by Crippen LogP contribution is 2.39. The number of hydrogen-bond acceptors (Lipinski definition) is 5. The van der Waals surface area contributed by atoms with Gasteiger partial charge in [0.2, 0.25) is 0 Å². The zero-order chi connectivity index (χ0) is 18.1. The second kappa shape index (κ2) is 7.24. The van der Waals surface area contributed by atoms with Gasteiger partial charge in [-0.25, -0.2) is 0 Å². The maximum atomic E-state index is 9.03. The first-order chi connectivity index (χ1) is 12.7. The molecule has 1 aliphatic heterocycles. The van der Waals surface area contributed by atoms with Crippen LogP contribution in [0.25, 0.3) is 0 Å². The molecule has 6 heteroatoms. The van der Waals surface area contributed by atoms with Gasteiger partial charge in [-0.2, -0.15) is 5.26 Å². The van der Waals surface area contributed by atoms with E-state index in [1.165, 1.54) is 0 Å². The van der Waals surface area contributed by atoms with Gasteiger partial charge < -0.3 is 10.5 Å². The highest BCUT2D eigenvalue weighted by atomic mass is 35.5. The number of ether oxygens (including phenoxy) is 1. The number of likely N-dealkylation sites (tertiary alicyclic amines) is 1. The van der Waals surface area contributed by atoms with E-state index in [9.17, 15) is 0 Å². The molecule has 1 saturated heterocycles. The summed E-state index contributed by atoms with van der Waals surface area (Å²) in [7, 11) is 0. The first-order valence-corrected chi connectivity index (χ1v) is 9.33. The first-order valence-electron chi connectivity index (χ1n) is 8.95. The Labute approximate surface area is 158 Å². The second-order valence-electron chi connectivity index (χ2n) is 7.00. The molecular formula is C20H21ClN4O. The van der Waals surface area contributed by atoms with Crippen LogP contribution in [-0.4, -0.2) is 35.1 Å². The molecule has 0 spiro atoms. The van der Waals surface area contributed by atoms with Crippen LogP contribution in [0.2, 0.25) is 5.02 Å². The topological polar surface area (TPSA) is 75.2 Å². The fourth-order valence-corrected chi connectivity index (χ4v) is 4.22. The van der Waals surface area contributed by atoms with Crippen molar-refractivity contribution in [2.24, 2.45) is 5.73 Å². The third-order valence-electron chi connectivity index (χ3n) is 5.26. The van der Waals surface area contributed by atoms with E-state index in [0.29, 0.717) is 16.3 Å². The quantitative estimate of drug-likeness (QED) is 0.901. The minimum absolute atomic E-state index is 0.144. The number of nitrogens with two attached hydrogens (primary N) is 1. The molecule has 2 heterocycles. The molecule has 0 amide bonds. The average Bonchev–Trinajstić information content (AvgIpc) is 3.02. The monoisotopic (exact) mass is 368 g/mol. The Balaban J connectivity index is 1.64. The van der Waals surface area contributed by atoms with E-state index >= 15 is 0 Å². The number of nitriles is 1. The third kappa shape index (κ3) is 3.28. The Morgan fingerprint density at radius 1 is 1.35 bits per heavy atom. The Bertz CT molecular complexity index is 850. The van der Waals surface area contributed by atoms with E-state index in [-0.39, 0.29) is 18.2 Å². The lowest BCUT2D eigenvalue weighted by Crippen LogP contribution is -2.49. The van der Waals surface area contributed by atoms with E-state index in [4.69, 9.17) is 27.3 Å². The van der Waals surface area contributed by atoms with Gasteiger partial charge >= 0.3 is 0 Å². The van der Waals surface area contributed by atoms with E-state index in [0.717, 1.165) is 43.6 Å². The van der Waals surface area contributed by atoms with Gasteiger partial charge in [0.1, 0.15) is 11.9 Å². The van der Waals surface area contributed by atoms with Crippen molar-refractivity contribution in [3.8, 4) is 11.8 Å². The lowest BCUT2D eigenvalue weighted by molar-refractivity contribution is 0.0593. The summed E-state index contributed by atoms with van der Waals surface area (Å²) in [5.74, 6) is 0.596.